The molecule has 0 radical (unpaired) electrons. The fourth-order valence-electron chi connectivity index (χ4n) is 2.49. The van der Waals surface area contributed by atoms with E-state index in [1.807, 2.05) is 24.3 Å². The molecule has 0 amide bonds. The molecular formula is C17H15FN4S. The van der Waals surface area contributed by atoms with E-state index in [0.29, 0.717) is 17.4 Å². The molecule has 0 atom stereocenters. The van der Waals surface area contributed by atoms with E-state index in [1.165, 1.54) is 6.07 Å². The van der Waals surface area contributed by atoms with Crippen molar-refractivity contribution >= 4 is 11.8 Å². The molecule has 4 rings (SSSR count). The van der Waals surface area contributed by atoms with Crippen LogP contribution in [0.5, 0.6) is 0 Å². The molecule has 0 N–H and O–H groups in total. The lowest BCUT2D eigenvalue weighted by Gasteiger charge is -2.09. The summed E-state index contributed by atoms with van der Waals surface area (Å²) in [6, 6.07) is 13.0. The number of benzene rings is 1. The van der Waals surface area contributed by atoms with E-state index in [2.05, 4.69) is 19.7 Å². The minimum atomic E-state index is -0.261. The highest BCUT2D eigenvalue weighted by atomic mass is 32.2. The molecule has 1 aromatic carbocycles. The normalized spacial score (nSPS) is 14.1. The fourth-order valence-corrected chi connectivity index (χ4v) is 3.41. The van der Waals surface area contributed by atoms with Crippen molar-refractivity contribution in [2.45, 2.75) is 29.8 Å². The minimum Gasteiger partial charge on any atom is -0.299 e. The molecule has 1 saturated carbocycles. The van der Waals surface area contributed by atoms with Gasteiger partial charge in [-0.05, 0) is 37.1 Å². The lowest BCUT2D eigenvalue weighted by Crippen LogP contribution is -2.01. The molecule has 6 heteroatoms. The van der Waals surface area contributed by atoms with Crippen molar-refractivity contribution in [1.29, 1.82) is 0 Å². The summed E-state index contributed by atoms with van der Waals surface area (Å²) in [5.74, 6) is 1.08. The summed E-state index contributed by atoms with van der Waals surface area (Å²) >= 11 is 1.59. The highest BCUT2D eigenvalue weighted by Crippen LogP contribution is 2.41. The maximum atomic E-state index is 14.1. The van der Waals surface area contributed by atoms with Crippen LogP contribution >= 0.6 is 11.8 Å². The van der Waals surface area contributed by atoms with Gasteiger partial charge in [0.2, 0.25) is 0 Å². The second-order valence-electron chi connectivity index (χ2n) is 5.50. The van der Waals surface area contributed by atoms with Crippen LogP contribution in [0.4, 0.5) is 4.39 Å². The van der Waals surface area contributed by atoms with Gasteiger partial charge in [0.05, 0.1) is 11.3 Å². The van der Waals surface area contributed by atoms with E-state index in [9.17, 15) is 4.39 Å². The van der Waals surface area contributed by atoms with Crippen LogP contribution in [-0.2, 0) is 5.75 Å². The molecule has 23 heavy (non-hydrogen) atoms. The van der Waals surface area contributed by atoms with Gasteiger partial charge >= 0.3 is 0 Å². The summed E-state index contributed by atoms with van der Waals surface area (Å²) < 4.78 is 16.2. The Labute approximate surface area is 137 Å². The third-order valence-corrected chi connectivity index (χ3v) is 4.74. The van der Waals surface area contributed by atoms with Crippen LogP contribution < -0.4 is 0 Å². The quantitative estimate of drug-likeness (QED) is 0.662. The second kappa shape index (κ2) is 6.12. The highest BCUT2D eigenvalue weighted by Gasteiger charge is 2.30. The van der Waals surface area contributed by atoms with Gasteiger partial charge in [-0.2, -0.15) is 0 Å². The van der Waals surface area contributed by atoms with Gasteiger partial charge in [0.25, 0.3) is 0 Å². The van der Waals surface area contributed by atoms with E-state index in [4.69, 9.17) is 0 Å². The van der Waals surface area contributed by atoms with Crippen molar-refractivity contribution in [3.63, 3.8) is 0 Å². The first kappa shape index (κ1) is 14.4. The molecule has 3 aromatic rings. The van der Waals surface area contributed by atoms with Crippen LogP contribution in [-0.4, -0.2) is 19.7 Å². The summed E-state index contributed by atoms with van der Waals surface area (Å²) in [5, 5.41) is 9.37. The number of aromatic nitrogens is 4. The van der Waals surface area contributed by atoms with E-state index in [-0.39, 0.29) is 5.82 Å². The van der Waals surface area contributed by atoms with Gasteiger partial charge in [-0.1, -0.05) is 30.0 Å². The van der Waals surface area contributed by atoms with Crippen molar-refractivity contribution in [2.75, 3.05) is 0 Å². The number of nitrogens with zero attached hydrogens (tertiary/aromatic N) is 4. The molecule has 1 aliphatic rings. The molecule has 2 heterocycles. The van der Waals surface area contributed by atoms with Gasteiger partial charge in [0.15, 0.2) is 11.0 Å². The molecule has 1 fully saturated rings. The van der Waals surface area contributed by atoms with E-state index in [1.54, 1.807) is 30.1 Å². The van der Waals surface area contributed by atoms with Crippen LogP contribution in [0.2, 0.25) is 0 Å². The van der Waals surface area contributed by atoms with Crippen LogP contribution in [0, 0.1) is 5.82 Å². The average Bonchev–Trinajstić information content (AvgIpc) is 3.34. The number of hydrogen-bond donors (Lipinski definition) is 0. The van der Waals surface area contributed by atoms with Gasteiger partial charge in [-0.3, -0.25) is 9.55 Å². The van der Waals surface area contributed by atoms with Crippen LogP contribution in [0.1, 0.15) is 24.6 Å². The Morgan fingerprint density at radius 3 is 2.65 bits per heavy atom. The lowest BCUT2D eigenvalue weighted by molar-refractivity contribution is 0.622. The predicted octanol–water partition coefficient (Wildman–Crippen LogP) is 4.11. The summed E-state index contributed by atoms with van der Waals surface area (Å²) in [6.45, 7) is 0. The Bertz CT molecular complexity index is 814. The Hall–Kier alpha value is -2.21. The zero-order valence-corrected chi connectivity index (χ0v) is 13.2. The summed E-state index contributed by atoms with van der Waals surface area (Å²) in [7, 11) is 0. The largest absolute Gasteiger partial charge is 0.299 e. The van der Waals surface area contributed by atoms with Crippen molar-refractivity contribution < 1.29 is 4.39 Å². The topological polar surface area (TPSA) is 43.6 Å². The molecule has 4 nitrogen and oxygen atoms in total. The van der Waals surface area contributed by atoms with E-state index >= 15 is 0 Å². The van der Waals surface area contributed by atoms with Crippen LogP contribution in [0.3, 0.4) is 0 Å². The van der Waals surface area contributed by atoms with Crippen LogP contribution in [0.25, 0.3) is 11.4 Å². The summed E-state index contributed by atoms with van der Waals surface area (Å²) in [4.78, 5) is 4.32. The minimum absolute atomic E-state index is 0.261. The first-order chi connectivity index (χ1) is 11.3. The van der Waals surface area contributed by atoms with Crippen molar-refractivity contribution in [3.05, 3.63) is 60.2 Å². The summed E-state index contributed by atoms with van der Waals surface area (Å²) in [5.41, 5.74) is 1.51. The molecule has 0 spiro atoms. The van der Waals surface area contributed by atoms with E-state index in [0.717, 1.165) is 29.4 Å². The van der Waals surface area contributed by atoms with Gasteiger partial charge in [0.1, 0.15) is 5.82 Å². The monoisotopic (exact) mass is 326 g/mol. The second-order valence-corrected chi connectivity index (χ2v) is 6.44. The smallest absolute Gasteiger partial charge is 0.192 e. The number of hydrogen-bond acceptors (Lipinski definition) is 4. The SMILES string of the molecule is Fc1ccccc1-c1nnc(SCc2ccccn2)n1C1CC1. The molecule has 0 bridgehead atoms. The van der Waals surface area contributed by atoms with E-state index < -0.39 is 0 Å². The first-order valence-corrected chi connectivity index (χ1v) is 8.54. The maximum Gasteiger partial charge on any atom is 0.192 e. The lowest BCUT2D eigenvalue weighted by atomic mass is 10.2. The molecule has 0 saturated heterocycles. The Kier molecular flexibility index (Phi) is 3.83. The molecular weight excluding hydrogens is 311 g/mol. The third kappa shape index (κ3) is 2.99. The Morgan fingerprint density at radius 2 is 1.91 bits per heavy atom. The Morgan fingerprint density at radius 1 is 1.09 bits per heavy atom. The van der Waals surface area contributed by atoms with Crippen molar-refractivity contribution in [1.82, 2.24) is 19.7 Å². The standard InChI is InChI=1S/C17H15FN4S/c18-15-7-2-1-6-14(15)16-20-21-17(22(16)13-8-9-13)23-11-12-5-3-4-10-19-12/h1-7,10,13H,8-9,11H2. The number of pyridine rings is 1. The predicted molar refractivity (Wildman–Crippen MR) is 87.5 cm³/mol. The molecule has 116 valence electrons. The van der Waals surface area contributed by atoms with Crippen molar-refractivity contribution in [2.24, 2.45) is 0 Å². The number of rotatable bonds is 5. The zero-order valence-electron chi connectivity index (χ0n) is 12.4. The summed E-state index contributed by atoms with van der Waals surface area (Å²) in [6.07, 6.45) is 3.97. The molecule has 2 aromatic heterocycles. The third-order valence-electron chi connectivity index (χ3n) is 3.77. The van der Waals surface area contributed by atoms with Crippen molar-refractivity contribution in [3.8, 4) is 11.4 Å². The van der Waals surface area contributed by atoms with Gasteiger partial charge in [-0.15, -0.1) is 10.2 Å². The average molecular weight is 326 g/mol. The number of halogens is 1. The molecule has 1 aliphatic carbocycles. The Balaban J connectivity index is 1.65. The zero-order chi connectivity index (χ0) is 15.6. The fraction of sp³-hybridized carbons (Fsp3) is 0.235. The van der Waals surface area contributed by atoms with Gasteiger partial charge < -0.3 is 0 Å². The van der Waals surface area contributed by atoms with Gasteiger partial charge in [0, 0.05) is 18.0 Å². The maximum absolute atomic E-state index is 14.1. The number of thioether (sulfide) groups is 1. The van der Waals surface area contributed by atoms with Crippen LogP contribution in [0.15, 0.2) is 53.8 Å². The highest BCUT2D eigenvalue weighted by molar-refractivity contribution is 7.98. The first-order valence-electron chi connectivity index (χ1n) is 7.55. The van der Waals surface area contributed by atoms with Gasteiger partial charge in [-0.25, -0.2) is 4.39 Å². The molecule has 0 unspecified atom stereocenters. The molecule has 0 aliphatic heterocycles.